The summed E-state index contributed by atoms with van der Waals surface area (Å²) >= 11 is 1.46. The van der Waals surface area contributed by atoms with Gasteiger partial charge in [0.15, 0.2) is 0 Å². The number of ether oxygens (including phenoxy) is 1. The number of anilines is 2. The summed E-state index contributed by atoms with van der Waals surface area (Å²) in [4.78, 5) is 25.9. The maximum Gasteiger partial charge on any atom is 0.414 e. The zero-order valence-corrected chi connectivity index (χ0v) is 12.6. The van der Waals surface area contributed by atoms with E-state index in [0.717, 1.165) is 4.90 Å². The highest BCUT2D eigenvalue weighted by atomic mass is 32.2. The number of rotatable bonds is 4. The van der Waals surface area contributed by atoms with Crippen molar-refractivity contribution in [1.82, 2.24) is 0 Å². The first-order valence-corrected chi connectivity index (χ1v) is 8.00. The molecule has 2 amide bonds. The summed E-state index contributed by atoms with van der Waals surface area (Å²) in [5.41, 5.74) is 6.74. The van der Waals surface area contributed by atoms with Crippen LogP contribution in [-0.4, -0.2) is 48.2 Å². The topological polar surface area (TPSA) is 105 Å². The monoisotopic (exact) mass is 323 g/mol. The van der Waals surface area contributed by atoms with Crippen molar-refractivity contribution in [3.63, 3.8) is 0 Å². The highest BCUT2D eigenvalue weighted by molar-refractivity contribution is 8.00. The number of benzene rings is 1. The van der Waals surface area contributed by atoms with Gasteiger partial charge in [-0.2, -0.15) is 0 Å². The summed E-state index contributed by atoms with van der Waals surface area (Å²) < 4.78 is 5.20. The van der Waals surface area contributed by atoms with Crippen molar-refractivity contribution >= 4 is 35.1 Å². The molecule has 0 aromatic heterocycles. The van der Waals surface area contributed by atoms with Gasteiger partial charge in [0.25, 0.3) is 0 Å². The third-order valence-corrected chi connectivity index (χ3v) is 4.71. The van der Waals surface area contributed by atoms with E-state index in [1.165, 1.54) is 16.7 Å². The standard InChI is InChI=1S/C14H17N3O4S/c15-4-3-10(18)11-6-17(14(20)21-11)8-1-2-12-9(5-8)16-13(19)7-22-12/h1-2,5,10-11,18H,3-4,6-7,15H2,(H,16,19)/t10-,11?/m1/s1. The van der Waals surface area contributed by atoms with Crippen molar-refractivity contribution in [3.8, 4) is 0 Å². The number of carbonyl (C=O) groups is 2. The minimum atomic E-state index is -0.771. The Morgan fingerprint density at radius 1 is 1.50 bits per heavy atom. The highest BCUT2D eigenvalue weighted by Gasteiger charge is 2.36. The molecule has 0 radical (unpaired) electrons. The van der Waals surface area contributed by atoms with E-state index in [2.05, 4.69) is 5.32 Å². The molecule has 7 nitrogen and oxygen atoms in total. The Morgan fingerprint density at radius 3 is 3.09 bits per heavy atom. The molecule has 0 bridgehead atoms. The Labute approximate surface area is 131 Å². The number of cyclic esters (lactones) is 1. The minimum absolute atomic E-state index is 0.0603. The van der Waals surface area contributed by atoms with Crippen molar-refractivity contribution < 1.29 is 19.4 Å². The lowest BCUT2D eigenvalue weighted by Crippen LogP contribution is -2.32. The van der Waals surface area contributed by atoms with Crippen molar-refractivity contribution in [2.45, 2.75) is 23.5 Å². The first-order valence-electron chi connectivity index (χ1n) is 7.01. The summed E-state index contributed by atoms with van der Waals surface area (Å²) in [6.07, 6.45) is -1.48. The largest absolute Gasteiger partial charge is 0.441 e. The molecular formula is C14H17N3O4S. The summed E-state index contributed by atoms with van der Waals surface area (Å²) in [5, 5.41) is 12.7. The number of amides is 2. The maximum atomic E-state index is 12.0. The molecule has 2 atom stereocenters. The average molecular weight is 323 g/mol. The lowest BCUT2D eigenvalue weighted by molar-refractivity contribution is -0.113. The number of aliphatic hydroxyl groups excluding tert-OH is 1. The fourth-order valence-corrected chi connectivity index (χ4v) is 3.28. The van der Waals surface area contributed by atoms with E-state index in [0.29, 0.717) is 30.1 Å². The second-order valence-electron chi connectivity index (χ2n) is 5.19. The number of carbonyl (C=O) groups excluding carboxylic acids is 2. The molecule has 1 fully saturated rings. The SMILES string of the molecule is NCC[C@@H](O)C1CN(c2ccc3c(c2)NC(=O)CS3)C(=O)O1. The fourth-order valence-electron chi connectivity index (χ4n) is 2.49. The van der Waals surface area contributed by atoms with Crippen LogP contribution in [0, 0.1) is 0 Å². The molecule has 1 aromatic rings. The molecule has 1 saturated heterocycles. The predicted molar refractivity (Wildman–Crippen MR) is 83.1 cm³/mol. The van der Waals surface area contributed by atoms with E-state index in [4.69, 9.17) is 10.5 Å². The predicted octanol–water partition coefficient (Wildman–Crippen LogP) is 0.766. The van der Waals surface area contributed by atoms with E-state index in [9.17, 15) is 14.7 Å². The van der Waals surface area contributed by atoms with E-state index in [-0.39, 0.29) is 12.5 Å². The number of fused-ring (bicyclic) bond motifs is 1. The van der Waals surface area contributed by atoms with E-state index < -0.39 is 18.3 Å². The molecule has 2 heterocycles. The van der Waals surface area contributed by atoms with Crippen molar-refractivity contribution in [3.05, 3.63) is 18.2 Å². The molecule has 3 rings (SSSR count). The van der Waals surface area contributed by atoms with Crippen molar-refractivity contribution in [2.24, 2.45) is 5.73 Å². The van der Waals surface area contributed by atoms with Gasteiger partial charge < -0.3 is 20.9 Å². The zero-order chi connectivity index (χ0) is 15.7. The molecule has 4 N–H and O–H groups in total. The third-order valence-electron chi connectivity index (χ3n) is 3.63. The lowest BCUT2D eigenvalue weighted by atomic mass is 10.1. The van der Waals surface area contributed by atoms with Gasteiger partial charge in [-0.1, -0.05) is 0 Å². The van der Waals surface area contributed by atoms with Gasteiger partial charge in [0.1, 0.15) is 6.10 Å². The molecule has 2 aliphatic heterocycles. The van der Waals surface area contributed by atoms with E-state index >= 15 is 0 Å². The van der Waals surface area contributed by atoms with Crippen LogP contribution in [0.25, 0.3) is 0 Å². The van der Waals surface area contributed by atoms with Crippen LogP contribution in [0.15, 0.2) is 23.1 Å². The summed E-state index contributed by atoms with van der Waals surface area (Å²) in [6.45, 7) is 0.594. The second-order valence-corrected chi connectivity index (χ2v) is 6.21. The number of aliphatic hydroxyl groups is 1. The van der Waals surface area contributed by atoms with Crippen molar-refractivity contribution in [2.75, 3.05) is 29.1 Å². The van der Waals surface area contributed by atoms with Gasteiger partial charge in [0.2, 0.25) is 5.91 Å². The molecule has 22 heavy (non-hydrogen) atoms. The Bertz CT molecular complexity index is 610. The smallest absolute Gasteiger partial charge is 0.414 e. The van der Waals surface area contributed by atoms with Gasteiger partial charge in [-0.05, 0) is 31.2 Å². The maximum absolute atomic E-state index is 12.0. The van der Waals surface area contributed by atoms with Gasteiger partial charge in [0.05, 0.1) is 24.1 Å². The fraction of sp³-hybridized carbons (Fsp3) is 0.429. The van der Waals surface area contributed by atoms with Crippen LogP contribution in [-0.2, 0) is 9.53 Å². The summed E-state index contributed by atoms with van der Waals surface area (Å²) in [5.74, 6) is 0.334. The third kappa shape index (κ3) is 2.90. The number of nitrogens with one attached hydrogen (secondary N) is 1. The Hall–Kier alpha value is -1.77. The first kappa shape index (κ1) is 15.1. The van der Waals surface area contributed by atoms with Crippen LogP contribution in [0.5, 0.6) is 0 Å². The van der Waals surface area contributed by atoms with Crippen LogP contribution in [0.3, 0.4) is 0 Å². The van der Waals surface area contributed by atoms with Gasteiger partial charge in [0, 0.05) is 10.6 Å². The quantitative estimate of drug-likeness (QED) is 0.756. The summed E-state index contributed by atoms with van der Waals surface area (Å²) in [7, 11) is 0. The molecular weight excluding hydrogens is 306 g/mol. The molecule has 1 unspecified atom stereocenters. The Morgan fingerprint density at radius 2 is 2.32 bits per heavy atom. The van der Waals surface area contributed by atoms with Crippen LogP contribution in [0.4, 0.5) is 16.2 Å². The number of nitrogens with zero attached hydrogens (tertiary/aromatic N) is 1. The van der Waals surface area contributed by atoms with Gasteiger partial charge in [-0.3, -0.25) is 9.69 Å². The van der Waals surface area contributed by atoms with Crippen molar-refractivity contribution in [1.29, 1.82) is 0 Å². The van der Waals surface area contributed by atoms with Gasteiger partial charge in [-0.25, -0.2) is 4.79 Å². The molecule has 118 valence electrons. The first-order chi connectivity index (χ1) is 10.6. The molecule has 1 aromatic carbocycles. The minimum Gasteiger partial charge on any atom is -0.441 e. The van der Waals surface area contributed by atoms with Crippen LogP contribution in [0.2, 0.25) is 0 Å². The van der Waals surface area contributed by atoms with Gasteiger partial charge >= 0.3 is 6.09 Å². The molecule has 0 aliphatic carbocycles. The summed E-state index contributed by atoms with van der Waals surface area (Å²) in [6, 6.07) is 5.42. The average Bonchev–Trinajstić information content (AvgIpc) is 2.89. The van der Waals surface area contributed by atoms with Crippen LogP contribution >= 0.6 is 11.8 Å². The van der Waals surface area contributed by atoms with Crippen LogP contribution in [0.1, 0.15) is 6.42 Å². The molecule has 0 saturated carbocycles. The number of hydrogen-bond acceptors (Lipinski definition) is 6. The highest BCUT2D eigenvalue weighted by Crippen LogP contribution is 2.35. The second kappa shape index (κ2) is 6.15. The normalized spacial score (nSPS) is 22.1. The van der Waals surface area contributed by atoms with Crippen LogP contribution < -0.4 is 16.0 Å². The number of thioether (sulfide) groups is 1. The van der Waals surface area contributed by atoms with E-state index in [1.54, 1.807) is 6.07 Å². The molecule has 2 aliphatic rings. The molecule has 0 spiro atoms. The lowest BCUT2D eigenvalue weighted by Gasteiger charge is -2.20. The zero-order valence-electron chi connectivity index (χ0n) is 11.8. The number of hydrogen-bond donors (Lipinski definition) is 3. The van der Waals surface area contributed by atoms with Gasteiger partial charge in [-0.15, -0.1) is 11.8 Å². The Balaban J connectivity index is 1.78. The van der Waals surface area contributed by atoms with E-state index in [1.807, 2.05) is 12.1 Å². The molecule has 8 heteroatoms. The Kier molecular flexibility index (Phi) is 4.23. The number of nitrogens with two attached hydrogens (primary N) is 1.